The highest BCUT2D eigenvalue weighted by Crippen LogP contribution is 2.40. The van der Waals surface area contributed by atoms with Crippen LogP contribution in [0.5, 0.6) is 0 Å². The molecule has 0 saturated heterocycles. The van der Waals surface area contributed by atoms with Gasteiger partial charge >= 0.3 is 6.18 Å². The molecule has 0 saturated carbocycles. The summed E-state index contributed by atoms with van der Waals surface area (Å²) in [7, 11) is -2.82. The van der Waals surface area contributed by atoms with Crippen LogP contribution in [0, 0.1) is 0 Å². The number of primary amides is 1. The molecule has 2 aromatic rings. The van der Waals surface area contributed by atoms with E-state index >= 15 is 0 Å². The maximum absolute atomic E-state index is 13.7. The Balaban J connectivity index is 2.47. The Hall–Kier alpha value is -2.52. The molecular formula is C21H27F3N4O5S2. The van der Waals surface area contributed by atoms with E-state index in [1.165, 1.54) is 37.4 Å². The second-order valence-corrected chi connectivity index (χ2v) is 10.8. The minimum atomic E-state index is -4.80. The maximum Gasteiger partial charge on any atom is 0.413 e. The second-order valence-electron chi connectivity index (χ2n) is 7.83. The molecule has 9 nitrogen and oxygen atoms in total. The molecule has 0 spiro atoms. The fraction of sp³-hybridized carbons (Fsp3) is 0.429. The summed E-state index contributed by atoms with van der Waals surface area (Å²) in [6, 6.07) is 3.12. The number of aliphatic hydroxyl groups excluding tert-OH is 1. The zero-order valence-corrected chi connectivity index (χ0v) is 20.8. The zero-order valence-electron chi connectivity index (χ0n) is 19.2. The van der Waals surface area contributed by atoms with Crippen molar-refractivity contribution in [2.24, 2.45) is 5.73 Å². The molecule has 0 aliphatic carbocycles. The topological polar surface area (TPSA) is 142 Å². The van der Waals surface area contributed by atoms with Gasteiger partial charge in [-0.05, 0) is 57.3 Å². The van der Waals surface area contributed by atoms with Gasteiger partial charge in [-0.15, -0.1) is 11.3 Å². The Morgan fingerprint density at radius 1 is 1.11 bits per heavy atom. The Morgan fingerprint density at radius 2 is 1.69 bits per heavy atom. The fourth-order valence-electron chi connectivity index (χ4n) is 3.40. The van der Waals surface area contributed by atoms with Gasteiger partial charge in [-0.3, -0.25) is 9.59 Å². The van der Waals surface area contributed by atoms with Crippen molar-refractivity contribution >= 4 is 33.2 Å². The number of aliphatic hydroxyl groups is 1. The first-order chi connectivity index (χ1) is 16.2. The van der Waals surface area contributed by atoms with E-state index in [1.54, 1.807) is 13.8 Å². The van der Waals surface area contributed by atoms with Gasteiger partial charge in [-0.25, -0.2) is 8.42 Å². The third-order valence-corrected chi connectivity index (χ3v) is 8.28. The summed E-state index contributed by atoms with van der Waals surface area (Å²) in [6.45, 7) is 2.09. The van der Waals surface area contributed by atoms with E-state index in [4.69, 9.17) is 5.73 Å². The number of carbonyl (C=O) groups excluding carboxylic acids is 2. The quantitative estimate of drug-likeness (QED) is 0.346. The van der Waals surface area contributed by atoms with Crippen LogP contribution in [0.15, 0.2) is 41.3 Å². The molecule has 0 fully saturated rings. The number of sulfonamides is 1. The monoisotopic (exact) mass is 536 g/mol. The van der Waals surface area contributed by atoms with Gasteiger partial charge in [-0.1, -0.05) is 0 Å². The van der Waals surface area contributed by atoms with Crippen molar-refractivity contribution < 1.29 is 36.3 Å². The van der Waals surface area contributed by atoms with Crippen LogP contribution in [-0.4, -0.2) is 62.1 Å². The molecule has 2 amide bonds. The molecule has 0 radical (unpaired) electrons. The van der Waals surface area contributed by atoms with E-state index in [2.05, 4.69) is 5.32 Å². The lowest BCUT2D eigenvalue weighted by atomic mass is 10.2. The summed E-state index contributed by atoms with van der Waals surface area (Å²) < 4.78 is 68.8. The smallest absolute Gasteiger partial charge is 0.394 e. The normalized spacial score (nSPS) is 14.2. The Labute approximate surface area is 205 Å². The van der Waals surface area contributed by atoms with Crippen LogP contribution >= 0.6 is 11.3 Å². The maximum atomic E-state index is 13.7. The Bertz CT molecular complexity index is 1130. The van der Waals surface area contributed by atoms with E-state index in [1.807, 2.05) is 5.32 Å². The predicted octanol–water partition coefficient (Wildman–Crippen LogP) is 1.92. The van der Waals surface area contributed by atoms with Crippen LogP contribution < -0.4 is 16.4 Å². The van der Waals surface area contributed by atoms with Crippen molar-refractivity contribution in [3.8, 4) is 0 Å². The lowest BCUT2D eigenvalue weighted by molar-refractivity contribution is -0.162. The minimum absolute atomic E-state index is 0.0974. The lowest BCUT2D eigenvalue weighted by Crippen LogP contribution is -2.41. The minimum Gasteiger partial charge on any atom is -0.394 e. The summed E-state index contributed by atoms with van der Waals surface area (Å²) in [5.74, 6) is -1.61. The molecule has 2 rings (SSSR count). The molecule has 5 N–H and O–H groups in total. The van der Waals surface area contributed by atoms with Crippen molar-refractivity contribution in [3.63, 3.8) is 0 Å². The number of carbonyl (C=O) groups is 2. The predicted molar refractivity (Wildman–Crippen MR) is 124 cm³/mol. The first-order valence-electron chi connectivity index (χ1n) is 10.4. The molecule has 14 heteroatoms. The summed E-state index contributed by atoms with van der Waals surface area (Å²) in [5, 5.41) is 14.5. The number of benzene rings is 1. The van der Waals surface area contributed by atoms with Crippen molar-refractivity contribution in [1.82, 2.24) is 14.9 Å². The van der Waals surface area contributed by atoms with Gasteiger partial charge in [0.05, 0.1) is 24.1 Å². The number of nitrogens with two attached hydrogens (primary N) is 1. The van der Waals surface area contributed by atoms with Crippen LogP contribution in [0.3, 0.4) is 0 Å². The average Bonchev–Trinajstić information content (AvgIpc) is 3.24. The summed E-state index contributed by atoms with van der Waals surface area (Å²) >= 11 is 0.642. The van der Waals surface area contributed by atoms with Crippen LogP contribution in [0.4, 0.5) is 13.2 Å². The zero-order chi connectivity index (χ0) is 26.6. The molecule has 2 atom stereocenters. The molecule has 0 bridgehead atoms. The van der Waals surface area contributed by atoms with Gasteiger partial charge in [0.2, 0.25) is 21.8 Å². The molecule has 0 aliphatic heterocycles. The van der Waals surface area contributed by atoms with Gasteiger partial charge in [0.25, 0.3) is 0 Å². The number of hydrogen-bond donors (Lipinski definition) is 4. The molecular weight excluding hydrogens is 509 g/mol. The van der Waals surface area contributed by atoms with Crippen LogP contribution in [0.2, 0.25) is 0 Å². The number of thiophene rings is 1. The number of nitrogens with one attached hydrogen (secondary N) is 2. The molecule has 35 heavy (non-hydrogen) atoms. The van der Waals surface area contributed by atoms with Gasteiger partial charge in [0, 0.05) is 21.4 Å². The molecule has 0 aliphatic rings. The van der Waals surface area contributed by atoms with Gasteiger partial charge < -0.3 is 21.5 Å². The van der Waals surface area contributed by atoms with Crippen molar-refractivity contribution in [2.45, 2.75) is 43.0 Å². The first-order valence-corrected chi connectivity index (χ1v) is 12.6. The number of halogens is 3. The van der Waals surface area contributed by atoms with E-state index in [9.17, 15) is 36.3 Å². The number of hydrogen-bond acceptors (Lipinski definition) is 7. The van der Waals surface area contributed by atoms with Gasteiger partial charge in [0.1, 0.15) is 0 Å². The number of likely N-dealkylation sites (N-methyl/N-ethyl adjacent to an activating group) is 1. The molecule has 1 aromatic carbocycles. The van der Waals surface area contributed by atoms with Crippen molar-refractivity contribution in [1.29, 1.82) is 0 Å². The van der Waals surface area contributed by atoms with Gasteiger partial charge in [0.15, 0.2) is 6.04 Å². The Morgan fingerprint density at radius 3 is 2.14 bits per heavy atom. The van der Waals surface area contributed by atoms with E-state index < -0.39 is 52.7 Å². The number of alkyl halides is 3. The van der Waals surface area contributed by atoms with E-state index in [0.29, 0.717) is 11.3 Å². The van der Waals surface area contributed by atoms with Crippen LogP contribution in [-0.2, 0) is 14.8 Å². The molecule has 1 heterocycles. The molecule has 2 unspecified atom stereocenters. The highest BCUT2D eigenvalue weighted by atomic mass is 32.2. The lowest BCUT2D eigenvalue weighted by Gasteiger charge is -2.32. The highest BCUT2D eigenvalue weighted by molar-refractivity contribution is 7.89. The summed E-state index contributed by atoms with van der Waals surface area (Å²) in [4.78, 5) is 22.8. The number of amides is 2. The highest BCUT2D eigenvalue weighted by Gasteiger charge is 2.43. The number of rotatable bonds is 11. The van der Waals surface area contributed by atoms with Crippen LogP contribution in [0.25, 0.3) is 0 Å². The van der Waals surface area contributed by atoms with Crippen molar-refractivity contribution in [3.05, 3.63) is 51.7 Å². The standard InChI is InChI=1S/C21H27F3N4O5S2/c1-12(2)28(35(32,33)14-6-4-13(5-7-14)20(25)31)15(11-29)16-8-9-17(34-16)19(21(22,23)24)27-18(30)10-26-3/h4-9,12,15,19,26,29H,10-11H2,1-3H3,(H2,25,31)(H,27,30). The first kappa shape index (κ1) is 28.7. The Kier molecular flexibility index (Phi) is 9.42. The summed E-state index contributed by atoms with van der Waals surface area (Å²) in [5.41, 5.74) is 5.29. The molecule has 194 valence electrons. The molecule has 1 aromatic heterocycles. The second kappa shape index (κ2) is 11.5. The largest absolute Gasteiger partial charge is 0.413 e. The van der Waals surface area contributed by atoms with E-state index in [0.717, 1.165) is 10.4 Å². The third kappa shape index (κ3) is 6.79. The summed E-state index contributed by atoms with van der Waals surface area (Å²) in [6.07, 6.45) is -4.80. The average molecular weight is 537 g/mol. The third-order valence-electron chi connectivity index (χ3n) is 4.93. The van der Waals surface area contributed by atoms with Crippen molar-refractivity contribution in [2.75, 3.05) is 20.2 Å². The fourth-order valence-corrected chi connectivity index (χ4v) is 6.44. The SMILES string of the molecule is CNCC(=O)NC(c1ccc(C(CO)N(C(C)C)S(=O)(=O)c2ccc(C(N)=O)cc2)s1)C(F)(F)F. The number of nitrogens with zero attached hydrogens (tertiary/aromatic N) is 1. The van der Waals surface area contributed by atoms with E-state index in [-0.39, 0.29) is 26.8 Å². The van der Waals surface area contributed by atoms with Gasteiger partial charge in [-0.2, -0.15) is 17.5 Å². The van der Waals surface area contributed by atoms with Crippen LogP contribution in [0.1, 0.15) is 46.0 Å².